The van der Waals surface area contributed by atoms with Gasteiger partial charge >= 0.3 is 5.97 Å². The molecule has 3 aromatic carbocycles. The van der Waals surface area contributed by atoms with E-state index in [2.05, 4.69) is 10.5 Å². The highest BCUT2D eigenvalue weighted by Crippen LogP contribution is 2.29. The second-order valence-electron chi connectivity index (χ2n) is 6.29. The Morgan fingerprint density at radius 3 is 2.38 bits per heavy atom. The maximum Gasteiger partial charge on any atom is 0.345 e. The van der Waals surface area contributed by atoms with Crippen molar-refractivity contribution in [2.75, 3.05) is 13.7 Å². The third-order valence-electron chi connectivity index (χ3n) is 4.08. The zero-order chi connectivity index (χ0) is 22.9. The molecule has 0 bridgehead atoms. The maximum absolute atomic E-state index is 12.4. The first kappa shape index (κ1) is 23.1. The molecule has 9 heteroatoms. The van der Waals surface area contributed by atoms with Gasteiger partial charge in [0, 0.05) is 0 Å². The Morgan fingerprint density at radius 2 is 1.66 bits per heavy atom. The van der Waals surface area contributed by atoms with E-state index in [0.717, 1.165) is 0 Å². The van der Waals surface area contributed by atoms with Gasteiger partial charge in [0.25, 0.3) is 5.91 Å². The van der Waals surface area contributed by atoms with Gasteiger partial charge in [-0.15, -0.1) is 0 Å². The molecule has 0 aromatic heterocycles. The predicted octanol–water partition coefficient (Wildman–Crippen LogP) is 4.75. The van der Waals surface area contributed by atoms with Gasteiger partial charge in [-0.25, -0.2) is 10.2 Å². The van der Waals surface area contributed by atoms with E-state index in [0.29, 0.717) is 22.1 Å². The average Bonchev–Trinajstić information content (AvgIpc) is 2.79. The van der Waals surface area contributed by atoms with Crippen molar-refractivity contribution < 1.29 is 23.8 Å². The fraction of sp³-hybridized carbons (Fsp3) is 0.0870. The fourth-order valence-corrected chi connectivity index (χ4v) is 2.95. The van der Waals surface area contributed by atoms with Gasteiger partial charge in [0.05, 0.1) is 28.9 Å². The Labute approximate surface area is 194 Å². The Bertz CT molecular complexity index is 1150. The highest BCUT2D eigenvalue weighted by atomic mass is 35.5. The third-order valence-corrected chi connectivity index (χ3v) is 4.72. The van der Waals surface area contributed by atoms with Crippen LogP contribution in [0.4, 0.5) is 0 Å². The lowest BCUT2D eigenvalue weighted by molar-refractivity contribution is -0.123. The fourth-order valence-electron chi connectivity index (χ4n) is 2.55. The third kappa shape index (κ3) is 6.23. The molecule has 32 heavy (non-hydrogen) atoms. The molecule has 1 N–H and O–H groups in total. The van der Waals surface area contributed by atoms with Crippen LogP contribution in [-0.4, -0.2) is 31.8 Å². The number of halogens is 2. The quantitative estimate of drug-likeness (QED) is 0.221. The van der Waals surface area contributed by atoms with Gasteiger partial charge in [-0.1, -0.05) is 47.5 Å². The van der Waals surface area contributed by atoms with E-state index in [1.54, 1.807) is 66.7 Å². The molecule has 0 saturated carbocycles. The van der Waals surface area contributed by atoms with Crippen LogP contribution in [0.1, 0.15) is 15.9 Å². The Kier molecular flexibility index (Phi) is 8.08. The number of amides is 1. The van der Waals surface area contributed by atoms with Crippen LogP contribution in [0, 0.1) is 0 Å². The summed E-state index contributed by atoms with van der Waals surface area (Å²) in [6.45, 7) is -0.249. The molecule has 3 rings (SSSR count). The van der Waals surface area contributed by atoms with Crippen LogP contribution in [0.15, 0.2) is 71.8 Å². The summed E-state index contributed by atoms with van der Waals surface area (Å²) >= 11 is 12.0. The number of methoxy groups -OCH3 is 1. The smallest absolute Gasteiger partial charge is 0.345 e. The minimum atomic E-state index is -0.610. The summed E-state index contributed by atoms with van der Waals surface area (Å²) in [4.78, 5) is 24.3. The molecule has 0 aliphatic rings. The summed E-state index contributed by atoms with van der Waals surface area (Å²) in [6.07, 6.45) is 1.41. The first-order chi connectivity index (χ1) is 15.5. The number of carbonyl (C=O) groups is 2. The summed E-state index contributed by atoms with van der Waals surface area (Å²) < 4.78 is 16.0. The largest absolute Gasteiger partial charge is 0.493 e. The molecule has 1 amide bonds. The van der Waals surface area contributed by atoms with Crippen LogP contribution in [0.5, 0.6) is 17.2 Å². The lowest BCUT2D eigenvalue weighted by atomic mass is 10.2. The van der Waals surface area contributed by atoms with Gasteiger partial charge < -0.3 is 14.2 Å². The van der Waals surface area contributed by atoms with Crippen LogP contribution in [0.25, 0.3) is 0 Å². The van der Waals surface area contributed by atoms with Crippen molar-refractivity contribution in [1.82, 2.24) is 5.43 Å². The molecule has 0 saturated heterocycles. The summed E-state index contributed by atoms with van der Waals surface area (Å²) in [5.41, 5.74) is 3.20. The number of hydrazone groups is 1. The highest BCUT2D eigenvalue weighted by Gasteiger charge is 2.15. The van der Waals surface area contributed by atoms with Crippen molar-refractivity contribution in [1.29, 1.82) is 0 Å². The van der Waals surface area contributed by atoms with Gasteiger partial charge in [0.1, 0.15) is 5.75 Å². The molecular weight excluding hydrogens is 455 g/mol. The van der Waals surface area contributed by atoms with E-state index in [9.17, 15) is 9.59 Å². The van der Waals surface area contributed by atoms with Gasteiger partial charge in [-0.05, 0) is 48.0 Å². The molecule has 7 nitrogen and oxygen atoms in total. The number of ether oxygens (including phenoxy) is 3. The molecule has 0 aliphatic heterocycles. The second-order valence-corrected chi connectivity index (χ2v) is 7.11. The lowest BCUT2D eigenvalue weighted by Gasteiger charge is -2.10. The number of benzene rings is 3. The molecule has 0 aliphatic carbocycles. The van der Waals surface area contributed by atoms with Crippen LogP contribution < -0.4 is 19.6 Å². The zero-order valence-corrected chi connectivity index (χ0v) is 18.4. The summed E-state index contributed by atoms with van der Waals surface area (Å²) in [5.74, 6) is -0.144. The Balaban J connectivity index is 1.58. The van der Waals surface area contributed by atoms with Crippen molar-refractivity contribution in [3.05, 3.63) is 87.9 Å². The van der Waals surface area contributed by atoms with Gasteiger partial charge in [0.2, 0.25) is 0 Å². The number of esters is 1. The number of hydrogen-bond donors (Lipinski definition) is 1. The SMILES string of the molecule is COc1cc(C=NNC(=O)COc2ccccc2Cl)ccc1OC(=O)c1ccccc1Cl. The minimum Gasteiger partial charge on any atom is -0.493 e. The van der Waals surface area contributed by atoms with E-state index in [4.69, 9.17) is 37.4 Å². The van der Waals surface area contributed by atoms with Gasteiger partial charge in [-0.2, -0.15) is 5.10 Å². The van der Waals surface area contributed by atoms with Crippen molar-refractivity contribution in [2.45, 2.75) is 0 Å². The molecule has 0 radical (unpaired) electrons. The first-order valence-corrected chi connectivity index (χ1v) is 10.1. The average molecular weight is 473 g/mol. The number of rotatable bonds is 8. The minimum absolute atomic E-state index is 0.215. The number of nitrogens with zero attached hydrogens (tertiary/aromatic N) is 1. The molecule has 0 spiro atoms. The lowest BCUT2D eigenvalue weighted by Crippen LogP contribution is -2.24. The zero-order valence-electron chi connectivity index (χ0n) is 16.9. The Hall–Kier alpha value is -3.55. The van der Waals surface area contributed by atoms with E-state index < -0.39 is 11.9 Å². The number of nitrogens with one attached hydrogen (secondary N) is 1. The molecule has 0 fully saturated rings. The number of hydrogen-bond acceptors (Lipinski definition) is 6. The predicted molar refractivity (Wildman–Crippen MR) is 122 cm³/mol. The van der Waals surface area contributed by atoms with Crippen molar-refractivity contribution in [2.24, 2.45) is 5.10 Å². The van der Waals surface area contributed by atoms with Crippen LogP contribution >= 0.6 is 23.2 Å². The molecule has 164 valence electrons. The molecule has 0 heterocycles. The second kappa shape index (κ2) is 11.2. The standard InChI is InChI=1S/C23H18Cl2N2O5/c1-30-21-12-15(10-11-20(21)32-23(29)16-6-2-3-7-17(16)24)13-26-27-22(28)14-31-19-9-5-4-8-18(19)25/h2-13H,14H2,1H3,(H,27,28). The molecular formula is C23H18Cl2N2O5. The summed E-state index contributed by atoms with van der Waals surface area (Å²) in [7, 11) is 1.44. The monoisotopic (exact) mass is 472 g/mol. The molecule has 3 aromatic rings. The van der Waals surface area contributed by atoms with Crippen LogP contribution in [0.2, 0.25) is 10.0 Å². The van der Waals surface area contributed by atoms with Crippen molar-refractivity contribution in [3.8, 4) is 17.2 Å². The first-order valence-electron chi connectivity index (χ1n) is 9.32. The summed E-state index contributed by atoms with van der Waals surface area (Å²) in [5, 5.41) is 4.58. The van der Waals surface area contributed by atoms with E-state index in [1.165, 1.54) is 13.3 Å². The van der Waals surface area contributed by atoms with Crippen LogP contribution in [-0.2, 0) is 4.79 Å². The van der Waals surface area contributed by atoms with Gasteiger partial charge in [-0.3, -0.25) is 4.79 Å². The van der Waals surface area contributed by atoms with E-state index in [-0.39, 0.29) is 22.9 Å². The number of carbonyl (C=O) groups excluding carboxylic acids is 2. The molecule has 0 atom stereocenters. The highest BCUT2D eigenvalue weighted by molar-refractivity contribution is 6.33. The van der Waals surface area contributed by atoms with Crippen molar-refractivity contribution >= 4 is 41.3 Å². The number of para-hydroxylation sites is 1. The Morgan fingerprint density at radius 1 is 0.938 bits per heavy atom. The van der Waals surface area contributed by atoms with Crippen LogP contribution in [0.3, 0.4) is 0 Å². The normalized spacial score (nSPS) is 10.6. The summed E-state index contributed by atoms with van der Waals surface area (Å²) in [6, 6.07) is 18.2. The van der Waals surface area contributed by atoms with E-state index >= 15 is 0 Å². The van der Waals surface area contributed by atoms with Crippen molar-refractivity contribution in [3.63, 3.8) is 0 Å². The molecule has 0 unspecified atom stereocenters. The topological polar surface area (TPSA) is 86.2 Å². The van der Waals surface area contributed by atoms with Gasteiger partial charge in [0.15, 0.2) is 18.1 Å². The van der Waals surface area contributed by atoms with E-state index in [1.807, 2.05) is 0 Å². The maximum atomic E-state index is 12.4.